The van der Waals surface area contributed by atoms with Crippen LogP contribution in [0.4, 0.5) is 5.69 Å². The van der Waals surface area contributed by atoms with Crippen LogP contribution in [0.2, 0.25) is 0 Å². The molecule has 0 aliphatic rings. The Bertz CT molecular complexity index is 400. The summed E-state index contributed by atoms with van der Waals surface area (Å²) in [6, 6.07) is 1.71. The minimum atomic E-state index is 0.657. The van der Waals surface area contributed by atoms with Crippen molar-refractivity contribution >= 4 is 50.9 Å². The average Bonchev–Trinajstić information content (AvgIpc) is 2.49. The van der Waals surface area contributed by atoms with Crippen LogP contribution in [0.5, 0.6) is 0 Å². The molecule has 2 aromatic rings. The van der Waals surface area contributed by atoms with Crippen molar-refractivity contribution < 1.29 is 0 Å². The van der Waals surface area contributed by atoms with Crippen molar-refractivity contribution in [1.82, 2.24) is 9.97 Å². The van der Waals surface area contributed by atoms with Gasteiger partial charge in [0.2, 0.25) is 0 Å². The number of thiazole rings is 1. The lowest BCUT2D eigenvalue weighted by Gasteiger charge is -2.04. The summed E-state index contributed by atoms with van der Waals surface area (Å²) in [6.45, 7) is 0. The summed E-state index contributed by atoms with van der Waals surface area (Å²) in [5.74, 6) is 0. The summed E-state index contributed by atoms with van der Waals surface area (Å²) in [4.78, 5) is 9.01. The van der Waals surface area contributed by atoms with E-state index in [0.717, 1.165) is 14.3 Å². The maximum absolute atomic E-state index is 5.57. The van der Waals surface area contributed by atoms with E-state index in [-0.39, 0.29) is 0 Å². The molecule has 0 bridgehead atoms. The largest absolute Gasteiger partial charge is 0.243 e. The second kappa shape index (κ2) is 3.05. The fraction of sp³-hybridized carbons (Fsp3) is 0. The number of nitrogens with zero attached hydrogens (tertiary/aromatic N) is 3. The van der Waals surface area contributed by atoms with E-state index in [9.17, 15) is 0 Å². The van der Waals surface area contributed by atoms with Gasteiger partial charge in [0.15, 0.2) is 0 Å². The van der Waals surface area contributed by atoms with Crippen molar-refractivity contribution in [2.75, 3.05) is 3.94 Å². The number of halogens is 2. The number of rotatable bonds is 1. The number of hydrogen-bond donors (Lipinski definition) is 0. The van der Waals surface area contributed by atoms with Crippen LogP contribution in [0, 0.1) is 0 Å². The van der Waals surface area contributed by atoms with Gasteiger partial charge >= 0.3 is 0 Å². The molecule has 0 aliphatic heterocycles. The van der Waals surface area contributed by atoms with Crippen LogP contribution in [-0.4, -0.2) is 9.97 Å². The Morgan fingerprint density at radius 2 is 2.17 bits per heavy atom. The molecule has 2 aromatic heterocycles. The molecule has 0 radical (unpaired) electrons. The van der Waals surface area contributed by atoms with Gasteiger partial charge in [0.25, 0.3) is 0 Å². The van der Waals surface area contributed by atoms with Crippen LogP contribution in [0.15, 0.2) is 17.8 Å². The van der Waals surface area contributed by atoms with Crippen molar-refractivity contribution in [3.8, 4) is 0 Å². The molecule has 2 heterocycles. The molecule has 0 fully saturated rings. The van der Waals surface area contributed by atoms with Crippen LogP contribution in [0.3, 0.4) is 0 Å². The van der Waals surface area contributed by atoms with E-state index in [4.69, 9.17) is 23.6 Å². The van der Waals surface area contributed by atoms with Crippen LogP contribution in [0.25, 0.3) is 10.3 Å². The zero-order valence-electron chi connectivity index (χ0n) is 5.74. The molecular formula is C6H3Cl2N3S. The summed E-state index contributed by atoms with van der Waals surface area (Å²) < 4.78 is 0.990. The smallest absolute Gasteiger partial charge is 0.145 e. The molecule has 0 saturated heterocycles. The van der Waals surface area contributed by atoms with E-state index in [2.05, 4.69) is 9.97 Å². The number of anilines is 1. The van der Waals surface area contributed by atoms with Gasteiger partial charge in [-0.15, -0.1) is 11.3 Å². The first-order chi connectivity index (χ1) is 5.79. The highest BCUT2D eigenvalue weighted by atomic mass is 35.5. The van der Waals surface area contributed by atoms with Gasteiger partial charge < -0.3 is 0 Å². The van der Waals surface area contributed by atoms with Gasteiger partial charge in [-0.2, -0.15) is 3.94 Å². The number of aromatic nitrogens is 2. The Kier molecular flexibility index (Phi) is 2.04. The third kappa shape index (κ3) is 1.22. The molecule has 2 rings (SSSR count). The summed E-state index contributed by atoms with van der Waals surface area (Å²) >= 11 is 12.6. The Labute approximate surface area is 82.8 Å². The van der Waals surface area contributed by atoms with Gasteiger partial charge in [-0.25, -0.2) is 9.97 Å². The van der Waals surface area contributed by atoms with Crippen molar-refractivity contribution in [1.29, 1.82) is 0 Å². The Hall–Kier alpha value is -0.580. The highest BCUT2D eigenvalue weighted by Crippen LogP contribution is 2.28. The zero-order valence-corrected chi connectivity index (χ0v) is 8.07. The zero-order chi connectivity index (χ0) is 8.55. The third-order valence-corrected chi connectivity index (χ3v) is 2.49. The van der Waals surface area contributed by atoms with Gasteiger partial charge in [-0.3, -0.25) is 0 Å². The van der Waals surface area contributed by atoms with Gasteiger partial charge in [0.1, 0.15) is 16.0 Å². The fourth-order valence-corrected chi connectivity index (χ4v) is 1.82. The average molecular weight is 220 g/mol. The fourth-order valence-electron chi connectivity index (χ4n) is 0.898. The summed E-state index contributed by atoms with van der Waals surface area (Å²) in [7, 11) is 0. The van der Waals surface area contributed by atoms with E-state index in [1.165, 1.54) is 11.3 Å². The van der Waals surface area contributed by atoms with E-state index in [1.807, 2.05) is 0 Å². The van der Waals surface area contributed by atoms with Gasteiger partial charge in [0.05, 0.1) is 5.51 Å². The van der Waals surface area contributed by atoms with E-state index in [0.29, 0.717) is 5.69 Å². The molecule has 0 aromatic carbocycles. The molecule has 0 atom stereocenters. The first-order valence-electron chi connectivity index (χ1n) is 3.09. The lowest BCUT2D eigenvalue weighted by atomic mass is 10.4. The number of fused-ring (bicyclic) bond motifs is 1. The van der Waals surface area contributed by atoms with Crippen molar-refractivity contribution in [2.45, 2.75) is 0 Å². The maximum Gasteiger partial charge on any atom is 0.145 e. The van der Waals surface area contributed by atoms with Gasteiger partial charge in [-0.1, -0.05) is 0 Å². The lowest BCUT2D eigenvalue weighted by Crippen LogP contribution is -1.93. The predicted octanol–water partition coefficient (Wildman–Crippen LogP) is 2.81. The maximum atomic E-state index is 5.57. The molecule has 0 saturated carbocycles. The molecule has 6 heteroatoms. The van der Waals surface area contributed by atoms with Crippen LogP contribution in [-0.2, 0) is 0 Å². The molecule has 0 amide bonds. The highest BCUT2D eigenvalue weighted by Gasteiger charge is 2.07. The van der Waals surface area contributed by atoms with Gasteiger partial charge in [-0.05, 0) is 6.07 Å². The molecule has 0 unspecified atom stereocenters. The summed E-state index contributed by atoms with van der Waals surface area (Å²) in [6.07, 6.45) is 1.65. The lowest BCUT2D eigenvalue weighted by molar-refractivity contribution is 1.39. The number of pyridine rings is 1. The summed E-state index contributed by atoms with van der Waals surface area (Å²) in [5, 5.41) is 0. The molecule has 12 heavy (non-hydrogen) atoms. The van der Waals surface area contributed by atoms with E-state index in [1.54, 1.807) is 17.8 Å². The molecule has 62 valence electrons. The molecule has 0 aliphatic carbocycles. The van der Waals surface area contributed by atoms with Crippen LogP contribution in [0.1, 0.15) is 0 Å². The minimum Gasteiger partial charge on any atom is -0.243 e. The van der Waals surface area contributed by atoms with Crippen molar-refractivity contribution in [3.05, 3.63) is 17.8 Å². The first kappa shape index (κ1) is 8.04. The minimum absolute atomic E-state index is 0.657. The quantitative estimate of drug-likeness (QED) is 0.692. The highest BCUT2D eigenvalue weighted by molar-refractivity contribution is 7.16. The summed E-state index contributed by atoms with van der Waals surface area (Å²) in [5.41, 5.74) is 3.09. The van der Waals surface area contributed by atoms with E-state index >= 15 is 0 Å². The topological polar surface area (TPSA) is 29.0 Å². The SMILES string of the molecule is ClN(Cl)c1ccnc2scnc12. The number of hydrogen-bond acceptors (Lipinski definition) is 4. The predicted molar refractivity (Wildman–Crippen MR) is 51.6 cm³/mol. The Morgan fingerprint density at radius 1 is 1.33 bits per heavy atom. The van der Waals surface area contributed by atoms with Crippen LogP contribution < -0.4 is 3.94 Å². The standard InChI is InChI=1S/C6H3Cl2N3S/c7-11(8)4-1-2-9-6-5(4)10-3-12-6/h1-3H. The Morgan fingerprint density at radius 3 is 2.92 bits per heavy atom. The molecular weight excluding hydrogens is 217 g/mol. The third-order valence-electron chi connectivity index (χ3n) is 1.40. The molecule has 0 N–H and O–H groups in total. The van der Waals surface area contributed by atoms with Crippen molar-refractivity contribution in [2.24, 2.45) is 0 Å². The second-order valence-electron chi connectivity index (χ2n) is 2.07. The Balaban J connectivity index is 2.73. The molecule has 0 spiro atoms. The molecule has 3 nitrogen and oxygen atoms in total. The van der Waals surface area contributed by atoms with E-state index < -0.39 is 0 Å². The monoisotopic (exact) mass is 219 g/mol. The van der Waals surface area contributed by atoms with Gasteiger partial charge in [0, 0.05) is 29.8 Å². The van der Waals surface area contributed by atoms with Crippen LogP contribution >= 0.6 is 34.9 Å². The van der Waals surface area contributed by atoms with Crippen molar-refractivity contribution in [3.63, 3.8) is 0 Å². The first-order valence-corrected chi connectivity index (χ1v) is 4.64. The normalized spacial score (nSPS) is 10.5. The second-order valence-corrected chi connectivity index (χ2v) is 3.75.